The molecule has 0 aliphatic carbocycles. The summed E-state index contributed by atoms with van der Waals surface area (Å²) in [6.45, 7) is 10.6. The van der Waals surface area contributed by atoms with E-state index in [1.807, 2.05) is 47.0 Å². The van der Waals surface area contributed by atoms with Crippen LogP contribution in [0.5, 0.6) is 0 Å². The topological polar surface area (TPSA) is 73.0 Å². The van der Waals surface area contributed by atoms with E-state index in [4.69, 9.17) is 4.42 Å². The molecule has 0 aliphatic rings. The van der Waals surface area contributed by atoms with Crippen molar-refractivity contribution >= 4 is 17.7 Å². The zero-order valence-corrected chi connectivity index (χ0v) is 18.4. The predicted octanol–water partition coefficient (Wildman–Crippen LogP) is 4.95. The van der Waals surface area contributed by atoms with Crippen molar-refractivity contribution in [1.29, 1.82) is 0 Å². The number of rotatable bonds is 7. The molecule has 1 amide bonds. The van der Waals surface area contributed by atoms with Crippen molar-refractivity contribution in [2.45, 2.75) is 51.7 Å². The number of aromatic nitrogens is 3. The van der Waals surface area contributed by atoms with Gasteiger partial charge in [-0.05, 0) is 49.9 Å². The quantitative estimate of drug-likeness (QED) is 0.556. The van der Waals surface area contributed by atoms with Gasteiger partial charge in [0.15, 0.2) is 10.9 Å². The fourth-order valence-corrected chi connectivity index (χ4v) is 4.40. The number of carbonyl (C=O) groups excluding carboxylic acids is 1. The molecule has 3 aromatic rings. The number of furan rings is 1. The molecule has 0 fully saturated rings. The molecule has 0 saturated carbocycles. The summed E-state index contributed by atoms with van der Waals surface area (Å²) < 4.78 is 7.43. The van der Waals surface area contributed by atoms with Crippen molar-refractivity contribution in [1.82, 2.24) is 20.1 Å². The highest BCUT2D eigenvalue weighted by molar-refractivity contribution is 7.99. The van der Waals surface area contributed by atoms with Crippen molar-refractivity contribution in [2.24, 2.45) is 5.41 Å². The van der Waals surface area contributed by atoms with Crippen LogP contribution in [0.15, 0.2) is 58.3 Å². The van der Waals surface area contributed by atoms with Gasteiger partial charge in [0, 0.05) is 11.2 Å². The summed E-state index contributed by atoms with van der Waals surface area (Å²) in [7, 11) is 0. The van der Waals surface area contributed by atoms with E-state index in [1.54, 1.807) is 6.26 Å². The second-order valence-electron chi connectivity index (χ2n) is 8.91. The second-order valence-corrected chi connectivity index (χ2v) is 9.86. The highest BCUT2D eigenvalue weighted by Crippen LogP contribution is 2.29. The first kappa shape index (κ1) is 21.2. The van der Waals surface area contributed by atoms with E-state index in [0.29, 0.717) is 16.7 Å². The van der Waals surface area contributed by atoms with Crippen LogP contribution >= 0.6 is 11.8 Å². The van der Waals surface area contributed by atoms with Gasteiger partial charge in [0.1, 0.15) is 0 Å². The minimum atomic E-state index is -0.275. The van der Waals surface area contributed by atoms with E-state index in [2.05, 4.69) is 50.1 Å². The molecule has 154 valence electrons. The molecule has 3 rings (SSSR count). The average Bonchev–Trinajstić information content (AvgIpc) is 3.27. The van der Waals surface area contributed by atoms with Crippen LogP contribution in [0, 0.1) is 5.41 Å². The fraction of sp³-hybridized carbons (Fsp3) is 0.409. The van der Waals surface area contributed by atoms with Crippen LogP contribution in [0.25, 0.3) is 17.3 Å². The Bertz CT molecular complexity index is 941. The van der Waals surface area contributed by atoms with Gasteiger partial charge >= 0.3 is 0 Å². The van der Waals surface area contributed by atoms with E-state index in [1.165, 1.54) is 11.8 Å². The molecule has 29 heavy (non-hydrogen) atoms. The van der Waals surface area contributed by atoms with Gasteiger partial charge in [0.05, 0.1) is 12.0 Å². The Morgan fingerprint density at radius 2 is 1.79 bits per heavy atom. The number of para-hydroxylation sites is 1. The average molecular weight is 413 g/mol. The van der Waals surface area contributed by atoms with Crippen LogP contribution in [0.1, 0.15) is 41.0 Å². The summed E-state index contributed by atoms with van der Waals surface area (Å²) in [5.74, 6) is 1.48. The maximum Gasteiger partial charge on any atom is 0.230 e. The molecular formula is C22H28N4O2S. The molecule has 1 aromatic carbocycles. The van der Waals surface area contributed by atoms with Crippen LogP contribution in [0.3, 0.4) is 0 Å². The third-order valence-electron chi connectivity index (χ3n) is 4.17. The van der Waals surface area contributed by atoms with E-state index in [0.717, 1.165) is 12.1 Å². The number of hydrogen-bond acceptors (Lipinski definition) is 5. The number of nitrogens with one attached hydrogen (secondary N) is 1. The van der Waals surface area contributed by atoms with E-state index >= 15 is 0 Å². The lowest BCUT2D eigenvalue weighted by Gasteiger charge is -2.33. The number of amides is 1. The molecule has 6 nitrogen and oxygen atoms in total. The maximum absolute atomic E-state index is 12.6. The van der Waals surface area contributed by atoms with Crippen molar-refractivity contribution in [3.05, 3.63) is 48.7 Å². The Labute approximate surface area is 176 Å². The van der Waals surface area contributed by atoms with Crippen LogP contribution in [-0.2, 0) is 4.79 Å². The normalized spacial score (nSPS) is 12.2. The van der Waals surface area contributed by atoms with Crippen LogP contribution in [0.4, 0.5) is 0 Å². The van der Waals surface area contributed by atoms with E-state index in [9.17, 15) is 4.79 Å². The van der Waals surface area contributed by atoms with Gasteiger partial charge in [-0.15, -0.1) is 10.2 Å². The first-order valence-corrected chi connectivity index (χ1v) is 10.6. The molecule has 0 atom stereocenters. The number of benzene rings is 1. The lowest BCUT2D eigenvalue weighted by Crippen LogP contribution is -2.46. The molecule has 0 radical (unpaired) electrons. The maximum atomic E-state index is 12.6. The van der Waals surface area contributed by atoms with Gasteiger partial charge in [-0.1, -0.05) is 50.7 Å². The van der Waals surface area contributed by atoms with Gasteiger partial charge in [-0.25, -0.2) is 0 Å². The van der Waals surface area contributed by atoms with Gasteiger partial charge in [-0.3, -0.25) is 9.36 Å². The number of nitrogens with zero attached hydrogens (tertiary/aromatic N) is 3. The predicted molar refractivity (Wildman–Crippen MR) is 116 cm³/mol. The minimum Gasteiger partial charge on any atom is -0.461 e. The summed E-state index contributed by atoms with van der Waals surface area (Å²) in [6.07, 6.45) is 2.50. The summed E-state index contributed by atoms with van der Waals surface area (Å²) >= 11 is 1.36. The number of hydrogen-bond donors (Lipinski definition) is 1. The minimum absolute atomic E-state index is 0.0218. The summed E-state index contributed by atoms with van der Waals surface area (Å²) in [6, 6.07) is 13.5. The number of carbonyl (C=O) groups is 1. The monoisotopic (exact) mass is 412 g/mol. The van der Waals surface area contributed by atoms with Crippen LogP contribution in [-0.4, -0.2) is 32.0 Å². The summed E-state index contributed by atoms with van der Waals surface area (Å²) in [5.41, 5.74) is 0.775. The largest absolute Gasteiger partial charge is 0.461 e. The van der Waals surface area contributed by atoms with Gasteiger partial charge < -0.3 is 9.73 Å². The molecule has 0 unspecified atom stereocenters. The summed E-state index contributed by atoms with van der Waals surface area (Å²) in [5, 5.41) is 12.4. The fourth-order valence-electron chi connectivity index (χ4n) is 3.65. The molecule has 2 aromatic heterocycles. The zero-order valence-electron chi connectivity index (χ0n) is 17.6. The first-order chi connectivity index (χ1) is 13.6. The third kappa shape index (κ3) is 5.73. The standard InChI is InChI=1S/C22H28N4O2S/c1-21(2,3)15-22(4,5)23-18(27)14-29-20-25-24-19(17-12-9-13-28-17)26(20)16-10-7-6-8-11-16/h6-13H,14-15H2,1-5H3,(H,23,27). The van der Waals surface area contributed by atoms with Crippen molar-refractivity contribution in [2.75, 3.05) is 5.75 Å². The van der Waals surface area contributed by atoms with Crippen molar-refractivity contribution < 1.29 is 9.21 Å². The lowest BCUT2D eigenvalue weighted by atomic mass is 9.82. The van der Waals surface area contributed by atoms with Crippen molar-refractivity contribution in [3.8, 4) is 17.3 Å². The highest BCUT2D eigenvalue weighted by Gasteiger charge is 2.27. The molecular weight excluding hydrogens is 384 g/mol. The molecule has 7 heteroatoms. The number of thioether (sulfide) groups is 1. The Kier molecular flexibility index (Phi) is 6.17. The van der Waals surface area contributed by atoms with Crippen molar-refractivity contribution in [3.63, 3.8) is 0 Å². The molecule has 0 bridgehead atoms. The van der Waals surface area contributed by atoms with E-state index in [-0.39, 0.29) is 22.6 Å². The SMILES string of the molecule is CC(C)(C)CC(C)(C)NC(=O)CSc1nnc(-c2ccco2)n1-c1ccccc1. The smallest absolute Gasteiger partial charge is 0.230 e. The Balaban J connectivity index is 1.77. The Morgan fingerprint density at radius 1 is 1.07 bits per heavy atom. The van der Waals surface area contributed by atoms with Gasteiger partial charge in [0.25, 0.3) is 0 Å². The second kappa shape index (κ2) is 8.45. The zero-order chi connectivity index (χ0) is 21.1. The Hall–Kier alpha value is -2.54. The highest BCUT2D eigenvalue weighted by atomic mass is 32.2. The summed E-state index contributed by atoms with van der Waals surface area (Å²) in [4.78, 5) is 12.6. The molecule has 1 N–H and O–H groups in total. The van der Waals surface area contributed by atoms with Gasteiger partial charge in [-0.2, -0.15) is 0 Å². The first-order valence-electron chi connectivity index (χ1n) is 9.63. The molecule has 0 saturated heterocycles. The van der Waals surface area contributed by atoms with Crippen LogP contribution in [0.2, 0.25) is 0 Å². The Morgan fingerprint density at radius 3 is 2.41 bits per heavy atom. The molecule has 0 spiro atoms. The van der Waals surface area contributed by atoms with E-state index < -0.39 is 0 Å². The molecule has 2 heterocycles. The van der Waals surface area contributed by atoms with Gasteiger partial charge in [0.2, 0.25) is 11.7 Å². The van der Waals surface area contributed by atoms with Crippen LogP contribution < -0.4 is 5.32 Å². The molecule has 0 aliphatic heterocycles. The lowest BCUT2D eigenvalue weighted by molar-refractivity contribution is -0.120. The third-order valence-corrected chi connectivity index (χ3v) is 5.10.